The Kier molecular flexibility index (Phi) is 4.44. The van der Waals surface area contributed by atoms with Gasteiger partial charge < -0.3 is 15.8 Å². The maximum atomic E-state index is 11.6. The quantitative estimate of drug-likeness (QED) is 0.878. The third-order valence-electron chi connectivity index (χ3n) is 2.57. The highest BCUT2D eigenvalue weighted by Gasteiger charge is 2.20. The van der Waals surface area contributed by atoms with E-state index in [1.54, 1.807) is 7.11 Å². The van der Waals surface area contributed by atoms with Crippen LogP contribution in [-0.4, -0.2) is 13.0 Å². The molecule has 0 spiro atoms. The summed E-state index contributed by atoms with van der Waals surface area (Å²) in [6, 6.07) is 10.6. The van der Waals surface area contributed by atoms with Crippen LogP contribution in [0.2, 0.25) is 0 Å². The maximum absolute atomic E-state index is 11.6. The average molecular weight is 341 g/mol. The number of thiophene rings is 1. The number of primary amides is 1. The normalized spacial score (nSPS) is 11.9. The van der Waals surface area contributed by atoms with Crippen molar-refractivity contribution in [1.29, 1.82) is 0 Å². The van der Waals surface area contributed by atoms with Crippen molar-refractivity contribution in [1.82, 2.24) is 0 Å². The lowest BCUT2D eigenvalue weighted by Gasteiger charge is -2.17. The largest absolute Gasteiger partial charge is 0.495 e. The fourth-order valence-electron chi connectivity index (χ4n) is 1.69. The van der Waals surface area contributed by atoms with Gasteiger partial charge in [0.2, 0.25) is 5.91 Å². The van der Waals surface area contributed by atoms with Gasteiger partial charge in [-0.15, -0.1) is 11.3 Å². The Morgan fingerprint density at radius 2 is 2.11 bits per heavy atom. The van der Waals surface area contributed by atoms with Gasteiger partial charge >= 0.3 is 0 Å². The molecule has 0 radical (unpaired) electrons. The molecular formula is C13H13BrN2O2S. The number of amides is 1. The summed E-state index contributed by atoms with van der Waals surface area (Å²) >= 11 is 4.85. The predicted molar refractivity (Wildman–Crippen MR) is 80.6 cm³/mol. The Labute approximate surface area is 123 Å². The minimum atomic E-state index is -0.576. The van der Waals surface area contributed by atoms with Crippen LogP contribution in [-0.2, 0) is 4.79 Å². The van der Waals surface area contributed by atoms with Gasteiger partial charge in [0.05, 0.1) is 16.6 Å². The molecule has 6 heteroatoms. The Hall–Kier alpha value is -1.53. The lowest BCUT2D eigenvalue weighted by Crippen LogP contribution is -2.27. The molecule has 2 aromatic rings. The van der Waals surface area contributed by atoms with Gasteiger partial charge in [0.25, 0.3) is 0 Å². The lowest BCUT2D eigenvalue weighted by molar-refractivity contribution is -0.118. The van der Waals surface area contributed by atoms with Gasteiger partial charge in [0, 0.05) is 4.88 Å². The van der Waals surface area contributed by atoms with Crippen LogP contribution < -0.4 is 15.8 Å². The highest BCUT2D eigenvalue weighted by atomic mass is 79.9. The standard InChI is InChI=1S/C13H13BrN2O2S/c1-18-9-5-3-2-4-8(9)16-12(13(15)17)10-6-7-11(14)19-10/h2-7,12,16H,1H3,(H2,15,17). The van der Waals surface area contributed by atoms with Crippen LogP contribution in [0, 0.1) is 0 Å². The highest BCUT2D eigenvalue weighted by molar-refractivity contribution is 9.11. The van der Waals surface area contributed by atoms with Crippen LogP contribution in [0.15, 0.2) is 40.2 Å². The van der Waals surface area contributed by atoms with Crippen molar-refractivity contribution in [2.75, 3.05) is 12.4 Å². The summed E-state index contributed by atoms with van der Waals surface area (Å²) in [6.45, 7) is 0. The first-order valence-electron chi connectivity index (χ1n) is 5.56. The number of anilines is 1. The molecule has 100 valence electrons. The SMILES string of the molecule is COc1ccccc1NC(C(N)=O)c1ccc(Br)s1. The molecule has 0 aliphatic carbocycles. The van der Waals surface area contributed by atoms with Gasteiger partial charge in [0.15, 0.2) is 0 Å². The van der Waals surface area contributed by atoms with Gasteiger partial charge in [-0.3, -0.25) is 4.79 Å². The van der Waals surface area contributed by atoms with Crippen molar-refractivity contribution in [2.45, 2.75) is 6.04 Å². The summed E-state index contributed by atoms with van der Waals surface area (Å²) in [4.78, 5) is 12.5. The second kappa shape index (κ2) is 6.08. The lowest BCUT2D eigenvalue weighted by atomic mass is 10.2. The molecule has 4 nitrogen and oxygen atoms in total. The van der Waals surface area contributed by atoms with E-state index in [1.165, 1.54) is 11.3 Å². The molecule has 1 aromatic carbocycles. The molecule has 0 aliphatic heterocycles. The van der Waals surface area contributed by atoms with E-state index in [0.717, 1.165) is 14.4 Å². The Morgan fingerprint density at radius 1 is 1.37 bits per heavy atom. The number of rotatable bonds is 5. The maximum Gasteiger partial charge on any atom is 0.245 e. The summed E-state index contributed by atoms with van der Waals surface area (Å²) in [5, 5.41) is 3.12. The van der Waals surface area contributed by atoms with Crippen LogP contribution in [0.4, 0.5) is 5.69 Å². The van der Waals surface area contributed by atoms with Gasteiger partial charge in [-0.05, 0) is 40.2 Å². The van der Waals surface area contributed by atoms with Crippen LogP contribution in [0.1, 0.15) is 10.9 Å². The topological polar surface area (TPSA) is 64.3 Å². The summed E-state index contributed by atoms with van der Waals surface area (Å²) in [5.41, 5.74) is 6.20. The first kappa shape index (κ1) is 13.9. The third-order valence-corrected chi connectivity index (χ3v) is 4.26. The molecule has 0 aliphatic rings. The molecule has 0 saturated heterocycles. The number of methoxy groups -OCH3 is 1. The number of benzene rings is 1. The molecule has 1 aromatic heterocycles. The van der Waals surface area contributed by atoms with Gasteiger partial charge in [-0.2, -0.15) is 0 Å². The van der Waals surface area contributed by atoms with Crippen molar-refractivity contribution in [2.24, 2.45) is 5.73 Å². The molecular weight excluding hydrogens is 328 g/mol. The summed E-state index contributed by atoms with van der Waals surface area (Å²) in [6.07, 6.45) is 0. The van der Waals surface area contributed by atoms with Crippen LogP contribution in [0.3, 0.4) is 0 Å². The first-order valence-corrected chi connectivity index (χ1v) is 7.17. The van der Waals surface area contributed by atoms with E-state index in [1.807, 2.05) is 36.4 Å². The molecule has 0 saturated carbocycles. The van der Waals surface area contributed by atoms with Crippen molar-refractivity contribution >= 4 is 38.9 Å². The molecule has 2 rings (SSSR count). The number of nitrogens with two attached hydrogens (primary N) is 1. The molecule has 0 fully saturated rings. The zero-order valence-corrected chi connectivity index (χ0v) is 12.6. The molecule has 1 atom stereocenters. The van der Waals surface area contributed by atoms with E-state index in [9.17, 15) is 4.79 Å². The van der Waals surface area contributed by atoms with Crippen molar-refractivity contribution in [3.8, 4) is 5.75 Å². The molecule has 3 N–H and O–H groups in total. The molecule has 1 heterocycles. The van der Waals surface area contributed by atoms with E-state index >= 15 is 0 Å². The second-order valence-electron chi connectivity index (χ2n) is 3.82. The van der Waals surface area contributed by atoms with E-state index < -0.39 is 11.9 Å². The van der Waals surface area contributed by atoms with Crippen LogP contribution in [0.25, 0.3) is 0 Å². The number of nitrogens with one attached hydrogen (secondary N) is 1. The number of ether oxygens (including phenoxy) is 1. The van der Waals surface area contributed by atoms with Crippen LogP contribution >= 0.6 is 27.3 Å². The minimum Gasteiger partial charge on any atom is -0.495 e. The number of hydrogen-bond acceptors (Lipinski definition) is 4. The summed E-state index contributed by atoms with van der Waals surface area (Å²) in [5.74, 6) is 0.240. The van der Waals surface area contributed by atoms with Crippen LogP contribution in [0.5, 0.6) is 5.75 Å². The van der Waals surface area contributed by atoms with E-state index in [0.29, 0.717) is 5.75 Å². The second-order valence-corrected chi connectivity index (χ2v) is 6.32. The number of hydrogen-bond donors (Lipinski definition) is 2. The number of para-hydroxylation sites is 2. The van der Waals surface area contributed by atoms with E-state index in [-0.39, 0.29) is 0 Å². The van der Waals surface area contributed by atoms with Gasteiger partial charge in [-0.1, -0.05) is 12.1 Å². The minimum absolute atomic E-state index is 0.430. The Balaban J connectivity index is 2.29. The number of carbonyl (C=O) groups is 1. The van der Waals surface area contributed by atoms with Crippen molar-refractivity contribution in [3.63, 3.8) is 0 Å². The number of carbonyl (C=O) groups excluding carboxylic acids is 1. The fourth-order valence-corrected chi connectivity index (χ4v) is 3.17. The Bertz CT molecular complexity index is 586. The smallest absolute Gasteiger partial charge is 0.245 e. The molecule has 1 amide bonds. The third kappa shape index (κ3) is 3.27. The molecule has 0 bridgehead atoms. The molecule has 19 heavy (non-hydrogen) atoms. The first-order chi connectivity index (χ1) is 9.11. The Morgan fingerprint density at radius 3 is 2.68 bits per heavy atom. The number of halogens is 1. The molecule has 1 unspecified atom stereocenters. The monoisotopic (exact) mass is 340 g/mol. The highest BCUT2D eigenvalue weighted by Crippen LogP contribution is 2.32. The zero-order valence-electron chi connectivity index (χ0n) is 10.2. The van der Waals surface area contributed by atoms with E-state index in [4.69, 9.17) is 10.5 Å². The van der Waals surface area contributed by atoms with Crippen molar-refractivity contribution < 1.29 is 9.53 Å². The van der Waals surface area contributed by atoms with Crippen molar-refractivity contribution in [3.05, 3.63) is 45.1 Å². The predicted octanol–water partition coefficient (Wildman–Crippen LogP) is 3.16. The fraction of sp³-hybridized carbons (Fsp3) is 0.154. The summed E-state index contributed by atoms with van der Waals surface area (Å²) in [7, 11) is 1.58. The van der Waals surface area contributed by atoms with Gasteiger partial charge in [0.1, 0.15) is 11.8 Å². The summed E-state index contributed by atoms with van der Waals surface area (Å²) < 4.78 is 6.20. The average Bonchev–Trinajstić information content (AvgIpc) is 2.82. The van der Waals surface area contributed by atoms with Gasteiger partial charge in [-0.25, -0.2) is 0 Å². The zero-order chi connectivity index (χ0) is 13.8. The van der Waals surface area contributed by atoms with E-state index in [2.05, 4.69) is 21.2 Å².